The lowest BCUT2D eigenvalue weighted by Crippen LogP contribution is -2.13. The molecule has 0 saturated heterocycles. The Bertz CT molecular complexity index is 960. The van der Waals surface area contributed by atoms with Gasteiger partial charge in [-0.2, -0.15) is 13.2 Å². The van der Waals surface area contributed by atoms with Crippen LogP contribution in [0.2, 0.25) is 0 Å². The van der Waals surface area contributed by atoms with Gasteiger partial charge in [-0.05, 0) is 30.3 Å². The standard InChI is InChI=1S/C18H16F3N3O3/c1-25-11-6-4-10(5-7-11)22-16-12-8-14(26-2)15(27-3)9-13(12)23-17(24-16)18(19,20)21/h4-9H,1-3H3,(H,22,23,24). The van der Waals surface area contributed by atoms with E-state index in [1.165, 1.54) is 33.5 Å². The number of methoxy groups -OCH3 is 3. The van der Waals surface area contributed by atoms with E-state index in [1.54, 1.807) is 24.3 Å². The van der Waals surface area contributed by atoms with Crippen LogP contribution < -0.4 is 19.5 Å². The summed E-state index contributed by atoms with van der Waals surface area (Å²) in [6.45, 7) is 0. The first kappa shape index (κ1) is 18.6. The van der Waals surface area contributed by atoms with E-state index < -0.39 is 12.0 Å². The van der Waals surface area contributed by atoms with Crippen molar-refractivity contribution in [1.82, 2.24) is 9.97 Å². The number of rotatable bonds is 5. The highest BCUT2D eigenvalue weighted by Gasteiger charge is 2.35. The van der Waals surface area contributed by atoms with E-state index in [4.69, 9.17) is 14.2 Å². The Labute approximate surface area is 152 Å². The van der Waals surface area contributed by atoms with Gasteiger partial charge >= 0.3 is 6.18 Å². The number of nitrogens with zero attached hydrogens (tertiary/aromatic N) is 2. The third-order valence-corrected chi connectivity index (χ3v) is 3.81. The molecule has 0 spiro atoms. The molecule has 0 aliphatic rings. The van der Waals surface area contributed by atoms with E-state index >= 15 is 0 Å². The minimum absolute atomic E-state index is 0.00144. The van der Waals surface area contributed by atoms with Crippen LogP contribution in [0.3, 0.4) is 0 Å². The zero-order chi connectivity index (χ0) is 19.6. The van der Waals surface area contributed by atoms with E-state index in [-0.39, 0.29) is 17.1 Å². The Morgan fingerprint density at radius 3 is 2.04 bits per heavy atom. The highest BCUT2D eigenvalue weighted by molar-refractivity contribution is 5.93. The summed E-state index contributed by atoms with van der Waals surface area (Å²) in [5.41, 5.74) is 0.615. The molecule has 0 fully saturated rings. The van der Waals surface area contributed by atoms with Crippen molar-refractivity contribution >= 4 is 22.4 Å². The van der Waals surface area contributed by atoms with Crippen LogP contribution in [0.5, 0.6) is 17.2 Å². The molecule has 2 aromatic carbocycles. The first-order valence-electron chi connectivity index (χ1n) is 7.77. The van der Waals surface area contributed by atoms with Crippen molar-refractivity contribution in [3.05, 3.63) is 42.2 Å². The normalized spacial score (nSPS) is 11.3. The molecule has 142 valence electrons. The number of ether oxygens (including phenoxy) is 3. The van der Waals surface area contributed by atoms with Crippen molar-refractivity contribution in [3.63, 3.8) is 0 Å². The van der Waals surface area contributed by atoms with E-state index in [1.807, 2.05) is 0 Å². The molecule has 3 rings (SSSR count). The summed E-state index contributed by atoms with van der Waals surface area (Å²) < 4.78 is 55.2. The first-order valence-corrected chi connectivity index (χ1v) is 7.77. The molecule has 1 aromatic heterocycles. The number of anilines is 2. The summed E-state index contributed by atoms with van der Waals surface area (Å²) >= 11 is 0. The highest BCUT2D eigenvalue weighted by atomic mass is 19.4. The molecule has 0 saturated carbocycles. The third kappa shape index (κ3) is 3.81. The van der Waals surface area contributed by atoms with Crippen LogP contribution in [-0.4, -0.2) is 31.3 Å². The number of benzene rings is 2. The second-order valence-electron chi connectivity index (χ2n) is 5.47. The van der Waals surface area contributed by atoms with Crippen LogP contribution in [0.15, 0.2) is 36.4 Å². The largest absolute Gasteiger partial charge is 0.497 e. The van der Waals surface area contributed by atoms with Gasteiger partial charge < -0.3 is 19.5 Å². The van der Waals surface area contributed by atoms with E-state index in [2.05, 4.69) is 15.3 Å². The quantitative estimate of drug-likeness (QED) is 0.708. The van der Waals surface area contributed by atoms with Crippen LogP contribution in [0.4, 0.5) is 24.7 Å². The molecule has 0 radical (unpaired) electrons. The summed E-state index contributed by atoms with van der Waals surface area (Å²) in [7, 11) is 4.35. The van der Waals surface area contributed by atoms with E-state index in [0.29, 0.717) is 22.6 Å². The zero-order valence-electron chi connectivity index (χ0n) is 14.7. The van der Waals surface area contributed by atoms with E-state index in [0.717, 1.165) is 0 Å². The lowest BCUT2D eigenvalue weighted by atomic mass is 10.2. The van der Waals surface area contributed by atoms with Gasteiger partial charge in [-0.15, -0.1) is 0 Å². The SMILES string of the molecule is COc1ccc(Nc2nc(C(F)(F)F)nc3cc(OC)c(OC)cc23)cc1. The smallest absolute Gasteiger partial charge is 0.451 e. The molecule has 0 aliphatic heterocycles. The third-order valence-electron chi connectivity index (χ3n) is 3.81. The van der Waals surface area contributed by atoms with Crippen molar-refractivity contribution in [1.29, 1.82) is 0 Å². The monoisotopic (exact) mass is 379 g/mol. The molecule has 0 atom stereocenters. The van der Waals surface area contributed by atoms with Gasteiger partial charge in [0, 0.05) is 17.1 Å². The van der Waals surface area contributed by atoms with Gasteiger partial charge in [-0.25, -0.2) is 9.97 Å². The molecule has 1 N–H and O–H groups in total. The second-order valence-corrected chi connectivity index (χ2v) is 5.47. The average Bonchev–Trinajstić information content (AvgIpc) is 2.66. The summed E-state index contributed by atoms with van der Waals surface area (Å²) in [4.78, 5) is 7.29. The lowest BCUT2D eigenvalue weighted by Gasteiger charge is -2.15. The Kier molecular flexibility index (Phi) is 4.93. The van der Waals surface area contributed by atoms with Crippen LogP contribution >= 0.6 is 0 Å². The summed E-state index contributed by atoms with van der Waals surface area (Å²) in [6, 6.07) is 9.60. The molecule has 9 heteroatoms. The van der Waals surface area contributed by atoms with Crippen molar-refractivity contribution < 1.29 is 27.4 Å². The molecule has 0 bridgehead atoms. The van der Waals surface area contributed by atoms with Crippen molar-refractivity contribution in [2.45, 2.75) is 6.18 Å². The Hall–Kier alpha value is -3.23. The fourth-order valence-corrected chi connectivity index (χ4v) is 2.49. The van der Waals surface area contributed by atoms with Gasteiger partial charge in [0.15, 0.2) is 11.5 Å². The van der Waals surface area contributed by atoms with Gasteiger partial charge in [-0.3, -0.25) is 0 Å². The Balaban J connectivity index is 2.17. The number of aromatic nitrogens is 2. The summed E-state index contributed by atoms with van der Waals surface area (Å²) in [6.07, 6.45) is -4.70. The number of alkyl halides is 3. The molecule has 0 unspecified atom stereocenters. The maximum Gasteiger partial charge on any atom is 0.451 e. The molecule has 1 heterocycles. The van der Waals surface area contributed by atoms with Gasteiger partial charge in [0.1, 0.15) is 11.6 Å². The number of fused-ring (bicyclic) bond motifs is 1. The minimum Gasteiger partial charge on any atom is -0.497 e. The van der Waals surface area contributed by atoms with E-state index in [9.17, 15) is 13.2 Å². The Morgan fingerprint density at radius 2 is 1.48 bits per heavy atom. The first-order chi connectivity index (χ1) is 12.9. The second kappa shape index (κ2) is 7.18. The summed E-state index contributed by atoms with van der Waals surface area (Å²) in [5, 5.41) is 3.25. The molecular formula is C18H16F3N3O3. The van der Waals surface area contributed by atoms with Crippen molar-refractivity contribution in [2.75, 3.05) is 26.6 Å². The van der Waals surface area contributed by atoms with Crippen LogP contribution in [-0.2, 0) is 6.18 Å². The fourth-order valence-electron chi connectivity index (χ4n) is 2.49. The molecule has 27 heavy (non-hydrogen) atoms. The van der Waals surface area contributed by atoms with Crippen LogP contribution in [0.1, 0.15) is 5.82 Å². The predicted octanol–water partition coefficient (Wildman–Crippen LogP) is 4.42. The predicted molar refractivity (Wildman–Crippen MR) is 93.9 cm³/mol. The van der Waals surface area contributed by atoms with Gasteiger partial charge in [-0.1, -0.05) is 0 Å². The molecule has 6 nitrogen and oxygen atoms in total. The molecule has 3 aromatic rings. The maximum atomic E-state index is 13.2. The Morgan fingerprint density at radius 1 is 0.852 bits per heavy atom. The highest BCUT2D eigenvalue weighted by Crippen LogP contribution is 2.37. The molecular weight excluding hydrogens is 363 g/mol. The fraction of sp³-hybridized carbons (Fsp3) is 0.222. The lowest BCUT2D eigenvalue weighted by molar-refractivity contribution is -0.144. The van der Waals surface area contributed by atoms with Crippen LogP contribution in [0.25, 0.3) is 10.9 Å². The van der Waals surface area contributed by atoms with Crippen LogP contribution in [0, 0.1) is 0 Å². The van der Waals surface area contributed by atoms with Crippen molar-refractivity contribution in [3.8, 4) is 17.2 Å². The maximum absolute atomic E-state index is 13.2. The average molecular weight is 379 g/mol. The minimum atomic E-state index is -4.70. The zero-order valence-corrected chi connectivity index (χ0v) is 14.7. The number of hydrogen-bond donors (Lipinski definition) is 1. The van der Waals surface area contributed by atoms with Gasteiger partial charge in [0.25, 0.3) is 0 Å². The number of nitrogens with one attached hydrogen (secondary N) is 1. The topological polar surface area (TPSA) is 65.5 Å². The molecule has 0 amide bonds. The van der Waals surface area contributed by atoms with Crippen molar-refractivity contribution in [2.24, 2.45) is 0 Å². The number of hydrogen-bond acceptors (Lipinski definition) is 6. The number of halogens is 3. The molecule has 0 aliphatic carbocycles. The summed E-state index contributed by atoms with van der Waals surface area (Å²) in [5.74, 6) is -0.00878. The van der Waals surface area contributed by atoms with Gasteiger partial charge in [0.2, 0.25) is 5.82 Å². The van der Waals surface area contributed by atoms with Gasteiger partial charge in [0.05, 0.1) is 26.8 Å².